The number of amides is 1. The highest BCUT2D eigenvalue weighted by Gasteiger charge is 2.36. The number of hydrogen-bond acceptors (Lipinski definition) is 9. The van der Waals surface area contributed by atoms with E-state index in [2.05, 4.69) is 4.90 Å². The van der Waals surface area contributed by atoms with Gasteiger partial charge in [-0.2, -0.15) is 4.31 Å². The second-order valence-electron chi connectivity index (χ2n) is 13.7. The monoisotopic (exact) mass is 737 g/mol. The van der Waals surface area contributed by atoms with Crippen LogP contribution in [0.4, 0.5) is 0 Å². The van der Waals surface area contributed by atoms with Crippen molar-refractivity contribution >= 4 is 15.9 Å². The molecule has 1 amide bonds. The van der Waals surface area contributed by atoms with Gasteiger partial charge >= 0.3 is 0 Å². The van der Waals surface area contributed by atoms with Gasteiger partial charge in [0.2, 0.25) is 16.3 Å². The van der Waals surface area contributed by atoms with Crippen LogP contribution in [0.25, 0.3) is 5.69 Å². The molecule has 6 rings (SSSR count). The van der Waals surface area contributed by atoms with E-state index in [1.54, 1.807) is 22.9 Å². The van der Waals surface area contributed by atoms with Crippen LogP contribution in [0.15, 0.2) is 76.1 Å². The van der Waals surface area contributed by atoms with E-state index >= 15 is 0 Å². The summed E-state index contributed by atoms with van der Waals surface area (Å²) in [5.41, 5.74) is 1.83. The molecule has 2 fully saturated rings. The van der Waals surface area contributed by atoms with E-state index in [1.807, 2.05) is 53.9 Å². The molecule has 0 aliphatic carbocycles. The Labute approximate surface area is 306 Å². The molecule has 0 saturated carbocycles. The minimum absolute atomic E-state index is 0.0600. The zero-order valence-electron chi connectivity index (χ0n) is 30.4. The van der Waals surface area contributed by atoms with Gasteiger partial charge in [-0.05, 0) is 88.2 Å². The van der Waals surface area contributed by atoms with Crippen molar-refractivity contribution in [2.45, 2.75) is 68.6 Å². The maximum atomic E-state index is 14.1. The minimum Gasteiger partial charge on any atom is -0.497 e. The van der Waals surface area contributed by atoms with Gasteiger partial charge < -0.3 is 29.1 Å². The van der Waals surface area contributed by atoms with Gasteiger partial charge in [0.15, 0.2) is 5.76 Å². The highest BCUT2D eigenvalue weighted by molar-refractivity contribution is 7.89. The normalized spacial score (nSPS) is 20.5. The Morgan fingerprint density at radius 2 is 1.67 bits per heavy atom. The van der Waals surface area contributed by atoms with Gasteiger partial charge in [-0.1, -0.05) is 24.6 Å². The molecule has 3 aromatic rings. The molecule has 13 nitrogen and oxygen atoms in total. The number of nitrogens with zero attached hydrogens (tertiary/aromatic N) is 5. The molecule has 2 aromatic carbocycles. The number of rotatable bonds is 13. The molecule has 1 aromatic heterocycles. The van der Waals surface area contributed by atoms with Gasteiger partial charge in [0, 0.05) is 62.9 Å². The molecule has 52 heavy (non-hydrogen) atoms. The number of aromatic nitrogens is 2. The van der Waals surface area contributed by atoms with Crippen LogP contribution in [0, 0.1) is 6.92 Å². The summed E-state index contributed by atoms with van der Waals surface area (Å²) in [5, 5.41) is 9.73. The predicted molar refractivity (Wildman–Crippen MR) is 196 cm³/mol. The van der Waals surface area contributed by atoms with Crippen LogP contribution in [0.2, 0.25) is 0 Å². The average molecular weight is 738 g/mol. The number of hydrogen-bond donors (Lipinski definition) is 1. The van der Waals surface area contributed by atoms with Gasteiger partial charge in [-0.3, -0.25) is 14.3 Å². The number of ether oxygens (including phenoxy) is 3. The number of aliphatic hydroxyl groups excluding tert-OH is 1. The first-order valence-electron chi connectivity index (χ1n) is 18.2. The Balaban J connectivity index is 1.22. The lowest BCUT2D eigenvalue weighted by atomic mass is 9.92. The Hall–Kier alpha value is -3.95. The highest BCUT2D eigenvalue weighted by atomic mass is 32.2. The number of benzene rings is 2. The van der Waals surface area contributed by atoms with Gasteiger partial charge in [0.05, 0.1) is 30.9 Å². The number of aliphatic hydroxyl groups is 1. The molecule has 0 bridgehead atoms. The largest absolute Gasteiger partial charge is 0.497 e. The summed E-state index contributed by atoms with van der Waals surface area (Å²) in [5.74, 6) is -0.0845. The lowest BCUT2D eigenvalue weighted by molar-refractivity contribution is -0.153. The summed E-state index contributed by atoms with van der Waals surface area (Å²) in [6, 6.07) is 15.9. The van der Waals surface area contributed by atoms with E-state index in [1.165, 1.54) is 38.5 Å². The molecule has 4 heterocycles. The fourth-order valence-corrected chi connectivity index (χ4v) is 9.06. The lowest BCUT2D eigenvalue weighted by Crippen LogP contribution is -2.49. The van der Waals surface area contributed by atoms with Gasteiger partial charge in [0.25, 0.3) is 11.5 Å². The standard InChI is InChI=1S/C38H51N5O8S/c1-28-36(38(46)43(39(28)2)31-10-6-4-7-11-31)29-26-34(37(45)41-20-16-30(17-21-41)40-18-8-5-9-19-40)51-35(27-29)50-25-23-42(22-24-44)52(47,48)33-14-12-32(49-3)13-15-33/h4,6-7,10-15,26,29-30,35,44H,5,8-9,16-25,27H2,1-3H3/t29-,35+/m0/s1. The fraction of sp³-hybridized carbons (Fsp3) is 0.526. The number of methoxy groups -OCH3 is 1. The Kier molecular flexibility index (Phi) is 12.2. The van der Waals surface area contributed by atoms with Crippen molar-refractivity contribution in [1.29, 1.82) is 0 Å². The number of carbonyl (C=O) groups excluding carboxylic acids is 1. The second-order valence-corrected chi connectivity index (χ2v) is 15.6. The molecule has 3 aliphatic heterocycles. The first-order valence-corrected chi connectivity index (χ1v) is 19.7. The molecule has 14 heteroatoms. The molecule has 0 unspecified atom stereocenters. The van der Waals surface area contributed by atoms with Gasteiger partial charge in [0.1, 0.15) is 5.75 Å². The number of para-hydroxylation sites is 1. The van der Waals surface area contributed by atoms with Crippen LogP contribution in [0.5, 0.6) is 5.75 Å². The topological polar surface area (TPSA) is 136 Å². The van der Waals surface area contributed by atoms with Gasteiger partial charge in [-0.25, -0.2) is 13.1 Å². The Bertz CT molecular complexity index is 1860. The maximum absolute atomic E-state index is 14.1. The molecule has 3 aliphatic rings. The van der Waals surface area contributed by atoms with Crippen molar-refractivity contribution in [2.75, 3.05) is 59.6 Å². The SMILES string of the molecule is COc1ccc(S(=O)(=O)N(CCO)CCO[C@H]2C[C@@H](c3c(C)n(C)n(-c4ccccc4)c3=O)C=C(C(=O)N3CCC(N4CCCCC4)CC3)O2)cc1. The quantitative estimate of drug-likeness (QED) is 0.280. The van der Waals surface area contributed by atoms with Crippen LogP contribution in [0.3, 0.4) is 0 Å². The number of likely N-dealkylation sites (tertiary alicyclic amines) is 2. The predicted octanol–water partition coefficient (Wildman–Crippen LogP) is 3.38. The first kappa shape index (κ1) is 37.8. The fourth-order valence-electron chi connectivity index (χ4n) is 7.65. The van der Waals surface area contributed by atoms with Crippen molar-refractivity contribution in [3.05, 3.63) is 88.0 Å². The van der Waals surface area contributed by atoms with E-state index in [0.717, 1.165) is 41.6 Å². The third-order valence-electron chi connectivity index (χ3n) is 10.6. The van der Waals surface area contributed by atoms with Gasteiger partial charge in [-0.15, -0.1) is 0 Å². The average Bonchev–Trinajstić information content (AvgIpc) is 3.40. The molecular weight excluding hydrogens is 687 g/mol. The van der Waals surface area contributed by atoms with E-state index in [0.29, 0.717) is 30.4 Å². The third kappa shape index (κ3) is 8.16. The summed E-state index contributed by atoms with van der Waals surface area (Å²) < 4.78 is 49.1. The molecule has 1 N–H and O–H groups in total. The van der Waals surface area contributed by atoms with Crippen molar-refractivity contribution in [2.24, 2.45) is 7.05 Å². The Morgan fingerprint density at radius 1 is 0.981 bits per heavy atom. The van der Waals surface area contributed by atoms with Crippen molar-refractivity contribution in [3.63, 3.8) is 0 Å². The van der Waals surface area contributed by atoms with E-state index in [4.69, 9.17) is 14.2 Å². The number of allylic oxidation sites excluding steroid dienone is 1. The maximum Gasteiger partial charge on any atom is 0.288 e. The summed E-state index contributed by atoms with van der Waals surface area (Å²) in [4.78, 5) is 32.6. The second kappa shape index (κ2) is 16.8. The molecular formula is C38H51N5O8S. The molecule has 0 spiro atoms. The molecule has 282 valence electrons. The van der Waals surface area contributed by atoms with Crippen LogP contribution < -0.4 is 10.3 Å². The van der Waals surface area contributed by atoms with E-state index < -0.39 is 22.2 Å². The molecule has 2 saturated heterocycles. The van der Waals surface area contributed by atoms with Crippen LogP contribution in [-0.4, -0.2) is 115 Å². The van der Waals surface area contributed by atoms with Crippen molar-refractivity contribution < 1.29 is 32.5 Å². The third-order valence-corrected chi connectivity index (χ3v) is 12.5. The Morgan fingerprint density at radius 3 is 2.33 bits per heavy atom. The smallest absolute Gasteiger partial charge is 0.288 e. The number of sulfonamides is 1. The van der Waals surface area contributed by atoms with Crippen LogP contribution >= 0.6 is 0 Å². The molecule has 2 atom stereocenters. The van der Waals surface area contributed by atoms with Crippen molar-refractivity contribution in [1.82, 2.24) is 23.5 Å². The first-order chi connectivity index (χ1) is 25.1. The lowest BCUT2D eigenvalue weighted by Gasteiger charge is -2.40. The van der Waals surface area contributed by atoms with Crippen LogP contribution in [0.1, 0.15) is 55.7 Å². The van der Waals surface area contributed by atoms with E-state index in [-0.39, 0.29) is 54.8 Å². The summed E-state index contributed by atoms with van der Waals surface area (Å²) in [6.45, 7) is 4.68. The summed E-state index contributed by atoms with van der Waals surface area (Å²) in [7, 11) is -0.625. The number of carbonyl (C=O) groups is 1. The van der Waals surface area contributed by atoms with E-state index in [9.17, 15) is 23.1 Å². The highest BCUT2D eigenvalue weighted by Crippen LogP contribution is 2.34. The van der Waals surface area contributed by atoms with Crippen molar-refractivity contribution in [3.8, 4) is 11.4 Å². The molecule has 0 radical (unpaired) electrons. The van der Waals surface area contributed by atoms with Crippen LogP contribution in [-0.2, 0) is 31.3 Å². The summed E-state index contributed by atoms with van der Waals surface area (Å²) >= 11 is 0. The number of piperidine rings is 2. The zero-order valence-corrected chi connectivity index (χ0v) is 31.2. The summed E-state index contributed by atoms with van der Waals surface area (Å²) in [6.07, 6.45) is 6.58. The zero-order chi connectivity index (χ0) is 36.8. The minimum atomic E-state index is -3.96.